The van der Waals surface area contributed by atoms with Gasteiger partial charge in [-0.2, -0.15) is 0 Å². The van der Waals surface area contributed by atoms with Crippen LogP contribution in [0.3, 0.4) is 0 Å². The van der Waals surface area contributed by atoms with Crippen molar-refractivity contribution in [2.45, 2.75) is 24.3 Å². The molecule has 168 valence electrons. The van der Waals surface area contributed by atoms with E-state index in [0.717, 1.165) is 5.56 Å². The number of fused-ring (bicyclic) bond motifs is 1. The van der Waals surface area contributed by atoms with Crippen LogP contribution < -0.4 is 10.3 Å². The minimum atomic E-state index is -0.446. The minimum Gasteiger partial charge on any atom is -0.495 e. The van der Waals surface area contributed by atoms with E-state index in [1.807, 2.05) is 32.0 Å². The highest BCUT2D eigenvalue weighted by molar-refractivity contribution is 8.00. The summed E-state index contributed by atoms with van der Waals surface area (Å²) < 4.78 is 12.4. The summed E-state index contributed by atoms with van der Waals surface area (Å²) in [7, 11) is 1.56. The van der Waals surface area contributed by atoms with Crippen molar-refractivity contribution < 1.29 is 14.3 Å². The molecular formula is C23H24ClN3O4S. The molecule has 32 heavy (non-hydrogen) atoms. The van der Waals surface area contributed by atoms with Crippen LogP contribution in [-0.4, -0.2) is 59.0 Å². The smallest absolute Gasteiger partial charge is 0.266 e. The topological polar surface area (TPSA) is 73.7 Å². The number of carbonyl (C=O) groups excluding carboxylic acids is 1. The first-order chi connectivity index (χ1) is 15.4. The molecule has 0 saturated carbocycles. The van der Waals surface area contributed by atoms with Crippen molar-refractivity contribution in [3.05, 3.63) is 57.3 Å². The second-order valence-corrected chi connectivity index (χ2v) is 9.31. The van der Waals surface area contributed by atoms with Crippen molar-refractivity contribution in [2.24, 2.45) is 0 Å². The Bertz CT molecular complexity index is 1220. The van der Waals surface area contributed by atoms with Gasteiger partial charge in [-0.15, -0.1) is 0 Å². The summed E-state index contributed by atoms with van der Waals surface area (Å²) in [6.07, 6.45) is 0. The Balaban J connectivity index is 1.85. The molecule has 0 spiro atoms. The zero-order chi connectivity index (χ0) is 22.8. The molecule has 1 aromatic heterocycles. The fraction of sp³-hybridized carbons (Fsp3) is 0.348. The molecule has 9 heteroatoms. The summed E-state index contributed by atoms with van der Waals surface area (Å²) >= 11 is 7.41. The first-order valence-electron chi connectivity index (χ1n) is 10.3. The second-order valence-electron chi connectivity index (χ2n) is 7.57. The highest BCUT2D eigenvalue weighted by atomic mass is 35.5. The quantitative estimate of drug-likeness (QED) is 0.415. The molecule has 1 fully saturated rings. The summed E-state index contributed by atoms with van der Waals surface area (Å²) in [5.74, 6) is 0.531. The molecule has 0 radical (unpaired) electrons. The van der Waals surface area contributed by atoms with Crippen LogP contribution in [0.5, 0.6) is 5.75 Å². The highest BCUT2D eigenvalue weighted by Crippen LogP contribution is 2.31. The molecule has 7 nitrogen and oxygen atoms in total. The van der Waals surface area contributed by atoms with Crippen LogP contribution in [0.15, 0.2) is 46.3 Å². The summed E-state index contributed by atoms with van der Waals surface area (Å²) in [5.41, 5.74) is 1.79. The Morgan fingerprint density at radius 3 is 2.69 bits per heavy atom. The molecule has 1 amide bonds. The zero-order valence-electron chi connectivity index (χ0n) is 18.1. The molecule has 1 saturated heterocycles. The summed E-state index contributed by atoms with van der Waals surface area (Å²) in [5, 5.41) is 0.889. The lowest BCUT2D eigenvalue weighted by Gasteiger charge is -2.29. The molecule has 1 atom stereocenters. The number of benzene rings is 2. The number of morpholine rings is 1. The first-order valence-corrected chi connectivity index (χ1v) is 11.6. The van der Waals surface area contributed by atoms with Crippen LogP contribution in [0.4, 0.5) is 0 Å². The van der Waals surface area contributed by atoms with E-state index in [4.69, 9.17) is 26.1 Å². The van der Waals surface area contributed by atoms with Crippen molar-refractivity contribution in [3.8, 4) is 11.4 Å². The predicted octanol–water partition coefficient (Wildman–Crippen LogP) is 3.70. The number of ether oxygens (including phenoxy) is 2. The van der Waals surface area contributed by atoms with Crippen molar-refractivity contribution in [1.29, 1.82) is 0 Å². The SMILES string of the molecule is COc1ccc(C)cc1-n1c(SC(C)C(=O)N2CCOCC2)nc2cc(Cl)ccc2c1=O. The average Bonchev–Trinajstić information content (AvgIpc) is 2.79. The van der Waals surface area contributed by atoms with E-state index in [-0.39, 0.29) is 11.5 Å². The number of methoxy groups -OCH3 is 1. The number of nitrogens with zero attached hydrogens (tertiary/aromatic N) is 3. The third kappa shape index (κ3) is 4.48. The fourth-order valence-electron chi connectivity index (χ4n) is 3.65. The number of aromatic nitrogens is 2. The third-order valence-electron chi connectivity index (χ3n) is 5.33. The highest BCUT2D eigenvalue weighted by Gasteiger charge is 2.26. The molecule has 4 rings (SSSR count). The Kier molecular flexibility index (Phi) is 6.74. The lowest BCUT2D eigenvalue weighted by Crippen LogP contribution is -2.44. The Morgan fingerprint density at radius 1 is 1.22 bits per heavy atom. The number of carbonyl (C=O) groups is 1. The van der Waals surface area contributed by atoms with E-state index in [1.165, 1.54) is 16.3 Å². The van der Waals surface area contributed by atoms with Gasteiger partial charge in [0.25, 0.3) is 5.56 Å². The molecule has 1 aliphatic heterocycles. The van der Waals surface area contributed by atoms with Crippen molar-refractivity contribution in [1.82, 2.24) is 14.5 Å². The van der Waals surface area contributed by atoms with Gasteiger partial charge in [0.05, 0.1) is 42.2 Å². The van der Waals surface area contributed by atoms with E-state index >= 15 is 0 Å². The van der Waals surface area contributed by atoms with Crippen LogP contribution in [0.2, 0.25) is 5.02 Å². The maximum Gasteiger partial charge on any atom is 0.266 e. The zero-order valence-corrected chi connectivity index (χ0v) is 19.7. The monoisotopic (exact) mass is 473 g/mol. The van der Waals surface area contributed by atoms with Gasteiger partial charge >= 0.3 is 0 Å². The number of amides is 1. The number of thioether (sulfide) groups is 1. The second kappa shape index (κ2) is 9.52. The summed E-state index contributed by atoms with van der Waals surface area (Å²) in [4.78, 5) is 33.1. The van der Waals surface area contributed by atoms with Crippen LogP contribution >= 0.6 is 23.4 Å². The van der Waals surface area contributed by atoms with Crippen LogP contribution in [0, 0.1) is 6.92 Å². The van der Waals surface area contributed by atoms with Gasteiger partial charge < -0.3 is 14.4 Å². The average molecular weight is 474 g/mol. The first kappa shape index (κ1) is 22.6. The molecule has 3 aromatic rings. The summed E-state index contributed by atoms with van der Waals surface area (Å²) in [6.45, 7) is 5.95. The van der Waals surface area contributed by atoms with Gasteiger partial charge in [-0.05, 0) is 49.7 Å². The largest absolute Gasteiger partial charge is 0.495 e. The van der Waals surface area contributed by atoms with Gasteiger partial charge in [0, 0.05) is 18.1 Å². The van der Waals surface area contributed by atoms with Gasteiger partial charge in [0.2, 0.25) is 5.91 Å². The standard InChI is InChI=1S/C23H24ClN3O4S/c1-14-4-7-20(30-3)19(12-14)27-22(29)17-6-5-16(24)13-18(17)25-23(27)32-15(2)21(28)26-8-10-31-11-9-26/h4-7,12-13,15H,8-11H2,1-3H3. The normalized spacial score (nSPS) is 15.1. The van der Waals surface area contributed by atoms with Crippen LogP contribution in [-0.2, 0) is 9.53 Å². The van der Waals surface area contributed by atoms with Gasteiger partial charge in [-0.25, -0.2) is 4.98 Å². The molecule has 0 N–H and O–H groups in total. The number of halogens is 1. The number of hydrogen-bond acceptors (Lipinski definition) is 6. The van der Waals surface area contributed by atoms with Gasteiger partial charge in [-0.1, -0.05) is 29.4 Å². The van der Waals surface area contributed by atoms with E-state index in [1.54, 1.807) is 30.2 Å². The number of rotatable bonds is 5. The molecule has 1 aliphatic rings. The lowest BCUT2D eigenvalue weighted by atomic mass is 10.2. The van der Waals surface area contributed by atoms with Gasteiger partial charge in [0.1, 0.15) is 5.75 Å². The van der Waals surface area contributed by atoms with Gasteiger partial charge in [-0.3, -0.25) is 14.2 Å². The lowest BCUT2D eigenvalue weighted by molar-refractivity contribution is -0.134. The molecule has 2 aromatic carbocycles. The molecule has 0 aliphatic carbocycles. The van der Waals surface area contributed by atoms with E-state index in [9.17, 15) is 9.59 Å². The van der Waals surface area contributed by atoms with E-state index < -0.39 is 5.25 Å². The Hall–Kier alpha value is -2.55. The van der Waals surface area contributed by atoms with E-state index in [0.29, 0.717) is 58.8 Å². The maximum absolute atomic E-state index is 13.6. The van der Waals surface area contributed by atoms with Crippen LogP contribution in [0.25, 0.3) is 16.6 Å². The van der Waals surface area contributed by atoms with Crippen LogP contribution in [0.1, 0.15) is 12.5 Å². The molecule has 1 unspecified atom stereocenters. The number of hydrogen-bond donors (Lipinski definition) is 0. The minimum absolute atomic E-state index is 0.0125. The number of aryl methyl sites for hydroxylation is 1. The maximum atomic E-state index is 13.6. The molecule has 0 bridgehead atoms. The van der Waals surface area contributed by atoms with Crippen molar-refractivity contribution in [3.63, 3.8) is 0 Å². The summed E-state index contributed by atoms with van der Waals surface area (Å²) in [6, 6.07) is 10.6. The predicted molar refractivity (Wildman–Crippen MR) is 126 cm³/mol. The molecule has 2 heterocycles. The van der Waals surface area contributed by atoms with Gasteiger partial charge in [0.15, 0.2) is 5.16 Å². The third-order valence-corrected chi connectivity index (χ3v) is 6.60. The molecular weight excluding hydrogens is 450 g/mol. The Labute approximate surface area is 195 Å². The van der Waals surface area contributed by atoms with Crippen molar-refractivity contribution in [2.75, 3.05) is 33.4 Å². The Morgan fingerprint density at radius 2 is 1.97 bits per heavy atom. The fourth-order valence-corrected chi connectivity index (χ4v) is 4.82. The van der Waals surface area contributed by atoms with E-state index in [2.05, 4.69) is 0 Å². The van der Waals surface area contributed by atoms with Crippen molar-refractivity contribution >= 4 is 40.2 Å².